The Hall–Kier alpha value is -9.99. The van der Waals surface area contributed by atoms with Gasteiger partial charge in [0.15, 0.2) is 17.2 Å². The summed E-state index contributed by atoms with van der Waals surface area (Å²) in [5, 5.41) is 75.0. The smallest absolute Gasteiger partial charge is 0.297 e. The number of nitrogens with one attached hydrogen (secondary N) is 1. The quantitative estimate of drug-likeness (QED) is 0.0297. The lowest BCUT2D eigenvalue weighted by Crippen LogP contribution is -2.03. The standard InChI is InChI=1S/C52H35N9O25S7/c62-39-21-29(88(69,70)71)18-25-17-28(87(66,67)68)20-38(44(25)39)57-61-48-43(92(81,82)83)23-34-32(51(48)65)13-15-37(52(34)93(84,85)86)56-58-45-33-22-42(91(78,79)80)47(50(64)31(33)12-14-36(45)53-26-6-2-1-3-7-26)59-54-27-10-11-30-24(16-27)19-41(90(75,76)77)46(49(30)63)60-55-35-8-4-5-9-40(35)89(72,73)74/h1-23,53,62-65H,(H,66,67,68)(H,69,70,71)(H,72,73,74)(H,75,76,77)(H,78,79,80)(H,81,82,83)(H,84,85,86). The van der Waals surface area contributed by atoms with Crippen LogP contribution in [0.2, 0.25) is 0 Å². The van der Waals surface area contributed by atoms with Crippen molar-refractivity contribution in [3.8, 4) is 23.0 Å². The molecule has 10 aromatic rings. The molecule has 0 aliphatic carbocycles. The Bertz CT molecular complexity index is 5920. The van der Waals surface area contributed by atoms with Crippen molar-refractivity contribution in [1.29, 1.82) is 0 Å². The van der Waals surface area contributed by atoms with Gasteiger partial charge < -0.3 is 25.7 Å². The fraction of sp³-hybridized carbons (Fsp3) is 0. The van der Waals surface area contributed by atoms with Gasteiger partial charge in [-0.1, -0.05) is 30.3 Å². The van der Waals surface area contributed by atoms with Crippen LogP contribution in [0.5, 0.6) is 23.0 Å². The molecule has 0 saturated carbocycles. The van der Waals surface area contributed by atoms with Crippen LogP contribution in [0.25, 0.3) is 43.1 Å². The number of aromatic hydroxyl groups is 4. The van der Waals surface area contributed by atoms with Gasteiger partial charge in [-0.25, -0.2) is 0 Å². The summed E-state index contributed by atoms with van der Waals surface area (Å²) in [6.07, 6.45) is 0. The molecule has 12 N–H and O–H groups in total. The van der Waals surface area contributed by atoms with Gasteiger partial charge in [0.25, 0.3) is 70.8 Å². The number of fused-ring (bicyclic) bond motifs is 4. The first kappa shape index (κ1) is 65.9. The molecule has 34 nitrogen and oxygen atoms in total. The van der Waals surface area contributed by atoms with Crippen molar-refractivity contribution in [2.45, 2.75) is 34.3 Å². The van der Waals surface area contributed by atoms with E-state index in [0.717, 1.165) is 48.5 Å². The number of para-hydroxylation sites is 1. The van der Waals surface area contributed by atoms with Crippen molar-refractivity contribution < 1.29 is 111 Å². The Morgan fingerprint density at radius 3 is 1.34 bits per heavy atom. The first-order valence-corrected chi connectivity index (χ1v) is 34.9. The van der Waals surface area contributed by atoms with Crippen LogP contribution < -0.4 is 5.32 Å². The zero-order chi connectivity index (χ0) is 67.9. The summed E-state index contributed by atoms with van der Waals surface area (Å²) in [5.74, 6) is -4.38. The lowest BCUT2D eigenvalue weighted by Gasteiger charge is -2.15. The maximum absolute atomic E-state index is 13.4. The minimum Gasteiger partial charge on any atom is -0.507 e. The lowest BCUT2D eigenvalue weighted by atomic mass is 10.0. The first-order valence-electron chi connectivity index (χ1n) is 24.9. The van der Waals surface area contributed by atoms with Crippen LogP contribution in [0.4, 0.5) is 56.9 Å². The Labute approximate surface area is 521 Å². The number of azo groups is 4. The molecule has 0 amide bonds. The highest BCUT2D eigenvalue weighted by Gasteiger charge is 2.31. The SMILES string of the molecule is O=S(=O)(O)c1cc(O)c2c(N=Nc3c(S(=O)(=O)O)cc4c(S(=O)(=O)O)c(N=Nc5c(Nc6ccccc6)ccc6c(O)c(N=Nc7ccc8c(O)c(N=Nc9ccccc9S(=O)(=O)O)c(S(=O)(=O)O)cc8c7)c(S(=O)(=O)O)cc56)ccc4c3O)cc(S(=O)(=O)O)cc2c1. The van der Waals surface area contributed by atoms with E-state index in [9.17, 15) is 111 Å². The summed E-state index contributed by atoms with van der Waals surface area (Å²) < 4.78 is 248. The van der Waals surface area contributed by atoms with Gasteiger partial charge in [-0.05, 0) is 114 Å². The van der Waals surface area contributed by atoms with Gasteiger partial charge in [0.1, 0.15) is 64.4 Å². The number of hydrogen-bond donors (Lipinski definition) is 12. The molecule has 0 fully saturated rings. The van der Waals surface area contributed by atoms with Gasteiger partial charge in [0.2, 0.25) is 0 Å². The van der Waals surface area contributed by atoms with E-state index in [4.69, 9.17) is 0 Å². The summed E-state index contributed by atoms with van der Waals surface area (Å²) in [6.45, 7) is 0. The summed E-state index contributed by atoms with van der Waals surface area (Å²) in [6, 6.07) is 23.8. The number of phenols is 4. The molecule has 0 aliphatic heterocycles. The second kappa shape index (κ2) is 23.6. The van der Waals surface area contributed by atoms with Gasteiger partial charge in [-0.2, -0.15) is 64.0 Å². The van der Waals surface area contributed by atoms with Crippen LogP contribution in [0.1, 0.15) is 0 Å². The lowest BCUT2D eigenvalue weighted by molar-refractivity contribution is 0.470. The van der Waals surface area contributed by atoms with Crippen molar-refractivity contribution in [3.63, 3.8) is 0 Å². The minimum atomic E-state index is -5.72. The summed E-state index contributed by atoms with van der Waals surface area (Å²) in [4.78, 5) is -7.91. The van der Waals surface area contributed by atoms with E-state index in [1.54, 1.807) is 18.2 Å². The minimum absolute atomic E-state index is 0.124. The second-order valence-corrected chi connectivity index (χ2v) is 29.0. The van der Waals surface area contributed by atoms with Crippen molar-refractivity contribution in [3.05, 3.63) is 140 Å². The fourth-order valence-electron chi connectivity index (χ4n) is 9.27. The van der Waals surface area contributed by atoms with Crippen molar-refractivity contribution in [2.24, 2.45) is 40.9 Å². The van der Waals surface area contributed by atoms with Crippen LogP contribution in [0.3, 0.4) is 0 Å². The largest absolute Gasteiger partial charge is 0.507 e. The van der Waals surface area contributed by atoms with E-state index < -0.39 is 195 Å². The summed E-state index contributed by atoms with van der Waals surface area (Å²) in [5.41, 5.74) is -5.94. The van der Waals surface area contributed by atoms with E-state index in [0.29, 0.717) is 42.1 Å². The molecular weight excluding hydrogens is 1380 g/mol. The van der Waals surface area contributed by atoms with Crippen LogP contribution in [0, 0.1) is 0 Å². The van der Waals surface area contributed by atoms with Crippen LogP contribution in [0.15, 0.2) is 215 Å². The maximum Gasteiger partial charge on any atom is 0.297 e. The molecule has 480 valence electrons. The van der Waals surface area contributed by atoms with E-state index in [1.165, 1.54) is 36.4 Å². The number of phenolic OH excluding ortho intramolecular Hbond substituents is 4. The molecule has 0 radical (unpaired) electrons. The molecule has 0 atom stereocenters. The highest BCUT2D eigenvalue weighted by atomic mass is 32.2. The maximum atomic E-state index is 13.4. The molecule has 0 spiro atoms. The van der Waals surface area contributed by atoms with Crippen LogP contribution in [-0.4, -0.2) is 111 Å². The van der Waals surface area contributed by atoms with Crippen molar-refractivity contribution in [1.82, 2.24) is 0 Å². The third-order valence-corrected chi connectivity index (χ3v) is 19.4. The topological polar surface area (TPSA) is 572 Å². The van der Waals surface area contributed by atoms with Crippen LogP contribution in [-0.2, 0) is 70.8 Å². The summed E-state index contributed by atoms with van der Waals surface area (Å²) >= 11 is 0. The van der Waals surface area contributed by atoms with E-state index in [1.807, 2.05) is 0 Å². The number of rotatable bonds is 17. The number of anilines is 2. The van der Waals surface area contributed by atoms with E-state index in [-0.39, 0.29) is 27.5 Å². The molecule has 0 aliphatic rings. The summed E-state index contributed by atoms with van der Waals surface area (Å²) in [7, 11) is -37.5. The zero-order valence-corrected chi connectivity index (χ0v) is 51.1. The molecule has 10 aromatic carbocycles. The normalized spacial score (nSPS) is 13.3. The van der Waals surface area contributed by atoms with Gasteiger partial charge >= 0.3 is 0 Å². The molecule has 0 unspecified atom stereocenters. The molecular formula is C52H35N9O25S7. The number of benzene rings is 10. The molecule has 0 saturated heterocycles. The second-order valence-electron chi connectivity index (χ2n) is 19.3. The predicted octanol–water partition coefficient (Wildman–Crippen LogP) is 11.3. The third kappa shape index (κ3) is 13.4. The zero-order valence-electron chi connectivity index (χ0n) is 45.3. The molecule has 41 heteroatoms. The number of hydrogen-bond acceptors (Lipinski definition) is 27. The Morgan fingerprint density at radius 1 is 0.312 bits per heavy atom. The Morgan fingerprint density at radius 2 is 0.774 bits per heavy atom. The molecule has 10 rings (SSSR count). The predicted molar refractivity (Wildman–Crippen MR) is 324 cm³/mol. The van der Waals surface area contributed by atoms with Gasteiger partial charge in [-0.3, -0.25) is 31.9 Å². The van der Waals surface area contributed by atoms with Crippen molar-refractivity contribution in [2.75, 3.05) is 5.32 Å². The highest BCUT2D eigenvalue weighted by molar-refractivity contribution is 7.87. The average molecular weight is 1410 g/mol. The molecule has 0 aromatic heterocycles. The fourth-order valence-corrected chi connectivity index (χ4v) is 13.7. The van der Waals surface area contributed by atoms with Crippen molar-refractivity contribution >= 4 is 171 Å². The molecule has 93 heavy (non-hydrogen) atoms. The Balaban J connectivity index is 1.11. The number of nitrogens with zero attached hydrogens (tertiary/aromatic N) is 8. The highest BCUT2D eigenvalue weighted by Crippen LogP contribution is 2.51. The molecule has 0 heterocycles. The van der Waals surface area contributed by atoms with Gasteiger partial charge in [0.05, 0.1) is 32.2 Å². The van der Waals surface area contributed by atoms with Gasteiger partial charge in [0, 0.05) is 38.7 Å². The average Bonchev–Trinajstić information content (AvgIpc) is 0.759. The first-order chi connectivity index (χ1) is 43.2. The Kier molecular flexibility index (Phi) is 16.7. The van der Waals surface area contributed by atoms with Gasteiger partial charge in [-0.15, -0.1) is 35.8 Å². The van der Waals surface area contributed by atoms with Crippen LogP contribution >= 0.6 is 0 Å². The van der Waals surface area contributed by atoms with E-state index >= 15 is 0 Å². The monoisotopic (exact) mass is 1410 g/mol. The third-order valence-electron chi connectivity index (χ3n) is 13.3. The molecule has 0 bridgehead atoms. The van der Waals surface area contributed by atoms with E-state index in [2.05, 4.69) is 46.2 Å².